The van der Waals surface area contributed by atoms with Crippen LogP contribution in [0.4, 0.5) is 0 Å². The molecule has 2 heterocycles. The van der Waals surface area contributed by atoms with Gasteiger partial charge in [0.25, 0.3) is 0 Å². The summed E-state index contributed by atoms with van der Waals surface area (Å²) in [7, 11) is 1.64. The van der Waals surface area contributed by atoms with Crippen molar-refractivity contribution in [1.29, 1.82) is 0 Å². The van der Waals surface area contributed by atoms with E-state index in [9.17, 15) is 9.90 Å². The molecule has 3 rings (SSSR count). The largest absolute Gasteiger partial charge is 0.491 e. The van der Waals surface area contributed by atoms with Crippen molar-refractivity contribution in [2.45, 2.75) is 45.4 Å². The quantitative estimate of drug-likeness (QED) is 0.465. The van der Waals surface area contributed by atoms with Crippen LogP contribution in [-0.4, -0.2) is 86.1 Å². The third-order valence-electron chi connectivity index (χ3n) is 5.91. The molecule has 2 unspecified atom stereocenters. The Balaban J connectivity index is 1.68. The zero-order chi connectivity index (χ0) is 24.5. The molecule has 1 aromatic carbocycles. The highest BCUT2D eigenvalue weighted by Gasteiger charge is 2.33. The second-order valence-corrected chi connectivity index (χ2v) is 10.0. The maximum Gasteiger partial charge on any atom is 0.237 e. The van der Waals surface area contributed by atoms with Crippen LogP contribution in [0.5, 0.6) is 5.75 Å². The van der Waals surface area contributed by atoms with Gasteiger partial charge in [0.2, 0.25) is 5.91 Å². The molecule has 8 heteroatoms. The minimum atomic E-state index is -0.669. The van der Waals surface area contributed by atoms with Crippen LogP contribution < -0.4 is 4.74 Å². The van der Waals surface area contributed by atoms with Crippen molar-refractivity contribution in [3.05, 3.63) is 51.7 Å². The lowest BCUT2D eigenvalue weighted by molar-refractivity contribution is -0.136. The monoisotopic (exact) mass is 490 g/mol. The van der Waals surface area contributed by atoms with Gasteiger partial charge in [0.05, 0.1) is 38.0 Å². The molecule has 0 bridgehead atoms. The van der Waals surface area contributed by atoms with E-state index in [1.807, 2.05) is 54.8 Å². The van der Waals surface area contributed by atoms with Crippen molar-refractivity contribution in [3.8, 4) is 5.75 Å². The number of nitrogens with zero attached hydrogens (tertiary/aromatic N) is 2. The van der Waals surface area contributed by atoms with Crippen LogP contribution in [0.25, 0.3) is 0 Å². The fourth-order valence-corrected chi connectivity index (χ4v) is 5.00. The molecule has 7 nitrogen and oxygen atoms in total. The zero-order valence-electron chi connectivity index (χ0n) is 20.7. The average Bonchev–Trinajstić information content (AvgIpc) is 3.29. The van der Waals surface area contributed by atoms with Crippen molar-refractivity contribution in [3.63, 3.8) is 0 Å². The SMILES string of the molecule is COCCN(CC(=O)N1CCc2sccc2C1COc1ccc(C)cc1)CC(O)COC(C)C. The first-order chi connectivity index (χ1) is 16.4. The van der Waals surface area contributed by atoms with Crippen molar-refractivity contribution in [2.75, 3.05) is 53.1 Å². The summed E-state index contributed by atoms with van der Waals surface area (Å²) in [5, 5.41) is 12.5. The predicted octanol–water partition coefficient (Wildman–Crippen LogP) is 3.30. The van der Waals surface area contributed by atoms with Gasteiger partial charge in [-0.2, -0.15) is 0 Å². The number of carbonyl (C=O) groups is 1. The molecule has 1 amide bonds. The van der Waals surface area contributed by atoms with Gasteiger partial charge in [-0.05, 0) is 56.3 Å². The number of hydrogen-bond acceptors (Lipinski definition) is 7. The third-order valence-corrected chi connectivity index (χ3v) is 6.90. The Hall–Kier alpha value is -1.97. The molecule has 0 saturated carbocycles. The van der Waals surface area contributed by atoms with Gasteiger partial charge in [0.15, 0.2) is 0 Å². The molecule has 1 aliphatic rings. The molecule has 0 saturated heterocycles. The lowest BCUT2D eigenvalue weighted by Crippen LogP contribution is -2.48. The molecule has 0 aliphatic carbocycles. The number of ether oxygens (including phenoxy) is 3. The number of benzene rings is 1. The Bertz CT molecular complexity index is 886. The van der Waals surface area contributed by atoms with Crippen molar-refractivity contribution < 1.29 is 24.1 Å². The normalized spacial score (nSPS) is 16.7. The van der Waals surface area contributed by atoms with Crippen LogP contribution in [0.1, 0.15) is 35.9 Å². The first-order valence-electron chi connectivity index (χ1n) is 11.9. The fourth-order valence-electron chi connectivity index (χ4n) is 4.08. The Morgan fingerprint density at radius 2 is 2.03 bits per heavy atom. The molecule has 0 spiro atoms. The molecule has 34 heavy (non-hydrogen) atoms. The van der Waals surface area contributed by atoms with Crippen molar-refractivity contribution in [1.82, 2.24) is 9.80 Å². The first-order valence-corrected chi connectivity index (χ1v) is 12.8. The third kappa shape index (κ3) is 7.78. The summed E-state index contributed by atoms with van der Waals surface area (Å²) in [6.45, 7) is 8.83. The van der Waals surface area contributed by atoms with Crippen molar-refractivity contribution in [2.24, 2.45) is 0 Å². The number of thiophene rings is 1. The van der Waals surface area contributed by atoms with E-state index in [0.717, 1.165) is 12.2 Å². The Labute approximate surface area is 207 Å². The van der Waals surface area contributed by atoms with Gasteiger partial charge in [-0.3, -0.25) is 9.69 Å². The Kier molecular flexibility index (Phi) is 10.3. The molecule has 2 atom stereocenters. The van der Waals surface area contributed by atoms with Gasteiger partial charge in [0, 0.05) is 31.6 Å². The summed E-state index contributed by atoms with van der Waals surface area (Å²) < 4.78 is 16.9. The van der Waals surface area contributed by atoms with E-state index in [1.54, 1.807) is 18.4 Å². The number of rotatable bonds is 13. The summed E-state index contributed by atoms with van der Waals surface area (Å²) in [5.41, 5.74) is 2.35. The van der Waals surface area contributed by atoms with Crippen LogP contribution in [0.2, 0.25) is 0 Å². The van der Waals surface area contributed by atoms with Crippen molar-refractivity contribution >= 4 is 17.2 Å². The summed E-state index contributed by atoms with van der Waals surface area (Å²) in [6, 6.07) is 9.95. The standard InChI is InChI=1S/C26H38N2O5S/c1-19(2)32-17-21(29)15-27(12-13-31-4)16-26(30)28-11-9-25-23(10-14-34-25)24(28)18-33-22-7-5-20(3)6-8-22/h5-8,10,14,19,21,24,29H,9,11-13,15-18H2,1-4H3. The maximum absolute atomic E-state index is 13.5. The summed E-state index contributed by atoms with van der Waals surface area (Å²) in [6.07, 6.45) is 0.228. The molecular formula is C26H38N2O5S. The van der Waals surface area contributed by atoms with E-state index in [1.165, 1.54) is 16.0 Å². The van der Waals surface area contributed by atoms with E-state index >= 15 is 0 Å². The summed E-state index contributed by atoms with van der Waals surface area (Å²) in [5.74, 6) is 0.831. The smallest absolute Gasteiger partial charge is 0.237 e. The minimum absolute atomic E-state index is 0.0300. The second kappa shape index (κ2) is 13.2. The van der Waals surface area contributed by atoms with Crippen LogP contribution in [0.3, 0.4) is 0 Å². The van der Waals surface area contributed by atoms with E-state index in [2.05, 4.69) is 11.4 Å². The number of amides is 1. The van der Waals surface area contributed by atoms with Gasteiger partial charge in [0.1, 0.15) is 12.4 Å². The fraction of sp³-hybridized carbons (Fsp3) is 0.577. The lowest BCUT2D eigenvalue weighted by Gasteiger charge is -2.37. The van der Waals surface area contributed by atoms with Gasteiger partial charge >= 0.3 is 0 Å². The Morgan fingerprint density at radius 3 is 2.74 bits per heavy atom. The van der Waals surface area contributed by atoms with Crippen LogP contribution >= 0.6 is 11.3 Å². The number of aryl methyl sites for hydroxylation is 1. The highest BCUT2D eigenvalue weighted by Crippen LogP contribution is 2.34. The molecule has 188 valence electrons. The number of hydrogen-bond donors (Lipinski definition) is 1. The van der Waals surface area contributed by atoms with E-state index in [-0.39, 0.29) is 31.2 Å². The second-order valence-electron chi connectivity index (χ2n) is 9.04. The van der Waals surface area contributed by atoms with E-state index < -0.39 is 6.10 Å². The molecule has 1 aromatic heterocycles. The van der Waals surface area contributed by atoms with Crippen LogP contribution in [0.15, 0.2) is 35.7 Å². The van der Waals surface area contributed by atoms with Crippen LogP contribution in [0, 0.1) is 6.92 Å². The number of aliphatic hydroxyl groups excluding tert-OH is 1. The van der Waals surface area contributed by atoms with Gasteiger partial charge < -0.3 is 24.2 Å². The molecule has 1 aliphatic heterocycles. The number of fused-ring (bicyclic) bond motifs is 1. The van der Waals surface area contributed by atoms with E-state index in [0.29, 0.717) is 32.8 Å². The zero-order valence-corrected chi connectivity index (χ0v) is 21.6. The average molecular weight is 491 g/mol. The number of aliphatic hydroxyl groups is 1. The lowest BCUT2D eigenvalue weighted by atomic mass is 10.0. The summed E-state index contributed by atoms with van der Waals surface area (Å²) >= 11 is 1.74. The predicted molar refractivity (Wildman–Crippen MR) is 135 cm³/mol. The van der Waals surface area contributed by atoms with Gasteiger partial charge in [-0.1, -0.05) is 17.7 Å². The van der Waals surface area contributed by atoms with Gasteiger partial charge in [-0.25, -0.2) is 0 Å². The highest BCUT2D eigenvalue weighted by atomic mass is 32.1. The van der Waals surface area contributed by atoms with E-state index in [4.69, 9.17) is 14.2 Å². The molecule has 0 radical (unpaired) electrons. The van der Waals surface area contributed by atoms with Crippen LogP contribution in [-0.2, 0) is 20.7 Å². The topological polar surface area (TPSA) is 71.5 Å². The number of methoxy groups -OCH3 is 1. The first kappa shape index (κ1) is 26.6. The molecule has 1 N–H and O–H groups in total. The molecular weight excluding hydrogens is 452 g/mol. The summed E-state index contributed by atoms with van der Waals surface area (Å²) in [4.78, 5) is 18.7. The van der Waals surface area contributed by atoms with Gasteiger partial charge in [-0.15, -0.1) is 11.3 Å². The number of carbonyl (C=O) groups excluding carboxylic acids is 1. The molecule has 0 fully saturated rings. The Morgan fingerprint density at radius 1 is 1.26 bits per heavy atom. The highest BCUT2D eigenvalue weighted by molar-refractivity contribution is 7.10. The molecule has 2 aromatic rings. The minimum Gasteiger partial charge on any atom is -0.491 e. The maximum atomic E-state index is 13.5.